The van der Waals surface area contributed by atoms with Crippen molar-refractivity contribution in [3.8, 4) is 0 Å². The minimum absolute atomic E-state index is 0.0856. The number of carboxylic acids is 1. The molecule has 2 fully saturated rings. The van der Waals surface area contributed by atoms with E-state index < -0.39 is 11.9 Å². The van der Waals surface area contributed by atoms with Crippen LogP contribution in [0, 0.1) is 11.8 Å². The molecule has 3 rings (SSSR count). The zero-order chi connectivity index (χ0) is 14.3. The third-order valence-corrected chi connectivity index (χ3v) is 4.66. The van der Waals surface area contributed by atoms with Crippen LogP contribution in [-0.4, -0.2) is 23.0 Å². The molecule has 4 heteroatoms. The summed E-state index contributed by atoms with van der Waals surface area (Å²) < 4.78 is 0. The fourth-order valence-corrected chi connectivity index (χ4v) is 3.27. The number of amides is 1. The van der Waals surface area contributed by atoms with Gasteiger partial charge in [0.05, 0.1) is 11.8 Å². The van der Waals surface area contributed by atoms with Crippen molar-refractivity contribution in [1.82, 2.24) is 5.32 Å². The molecule has 0 bridgehead atoms. The van der Waals surface area contributed by atoms with Gasteiger partial charge in [0.15, 0.2) is 0 Å². The molecule has 2 aliphatic carbocycles. The van der Waals surface area contributed by atoms with Gasteiger partial charge in [-0.05, 0) is 30.2 Å². The molecule has 0 radical (unpaired) electrons. The number of carbonyl (C=O) groups is 2. The van der Waals surface area contributed by atoms with Crippen molar-refractivity contribution in [1.29, 1.82) is 0 Å². The van der Waals surface area contributed by atoms with Crippen molar-refractivity contribution < 1.29 is 14.7 Å². The first-order chi connectivity index (χ1) is 9.49. The van der Waals surface area contributed by atoms with Crippen LogP contribution in [0.15, 0.2) is 30.3 Å². The maximum absolute atomic E-state index is 11.9. The molecule has 1 amide bonds. The second-order valence-corrected chi connectivity index (χ2v) is 6.33. The molecule has 2 atom stereocenters. The molecular formula is C16H19NO3. The normalized spacial score (nSPS) is 35.0. The summed E-state index contributed by atoms with van der Waals surface area (Å²) in [4.78, 5) is 22.7. The van der Waals surface area contributed by atoms with Crippen molar-refractivity contribution in [2.75, 3.05) is 0 Å². The highest BCUT2D eigenvalue weighted by Crippen LogP contribution is 2.44. The van der Waals surface area contributed by atoms with Gasteiger partial charge in [-0.1, -0.05) is 37.3 Å². The first-order valence-electron chi connectivity index (χ1n) is 7.08. The van der Waals surface area contributed by atoms with Crippen LogP contribution in [0.25, 0.3) is 0 Å². The third kappa shape index (κ3) is 2.30. The van der Waals surface area contributed by atoms with Crippen LogP contribution in [0.4, 0.5) is 0 Å². The maximum Gasteiger partial charge on any atom is 0.307 e. The molecule has 0 unspecified atom stereocenters. The summed E-state index contributed by atoms with van der Waals surface area (Å²) in [5.74, 6) is -1.71. The number of carboxylic acid groups (broad SMARTS) is 1. The van der Waals surface area contributed by atoms with Gasteiger partial charge >= 0.3 is 5.97 Å². The molecule has 2 N–H and O–H groups in total. The molecule has 0 spiro atoms. The predicted octanol–water partition coefficient (Wildman–Crippen LogP) is 1.94. The van der Waals surface area contributed by atoms with Crippen LogP contribution in [0.5, 0.6) is 0 Å². The smallest absolute Gasteiger partial charge is 0.307 e. The Hall–Kier alpha value is -1.84. The highest BCUT2D eigenvalue weighted by atomic mass is 16.4. The number of carbonyl (C=O) groups excluding carboxylic acids is 1. The van der Waals surface area contributed by atoms with Gasteiger partial charge in [0, 0.05) is 6.04 Å². The highest BCUT2D eigenvalue weighted by molar-refractivity contribution is 5.89. The van der Waals surface area contributed by atoms with E-state index in [1.165, 1.54) is 5.56 Å². The van der Waals surface area contributed by atoms with Crippen LogP contribution >= 0.6 is 0 Å². The number of nitrogens with one attached hydrogen (secondary N) is 1. The highest BCUT2D eigenvalue weighted by Gasteiger charge is 2.50. The maximum atomic E-state index is 11.9. The molecule has 0 aliphatic heterocycles. The molecule has 2 saturated carbocycles. The fourth-order valence-electron chi connectivity index (χ4n) is 3.27. The Morgan fingerprint density at radius 3 is 2.40 bits per heavy atom. The number of hydrogen-bond acceptors (Lipinski definition) is 2. The zero-order valence-electron chi connectivity index (χ0n) is 11.5. The monoisotopic (exact) mass is 273 g/mol. The van der Waals surface area contributed by atoms with E-state index in [2.05, 4.69) is 24.4 Å². The minimum Gasteiger partial charge on any atom is -0.481 e. The van der Waals surface area contributed by atoms with Gasteiger partial charge in [-0.25, -0.2) is 0 Å². The summed E-state index contributed by atoms with van der Waals surface area (Å²) >= 11 is 0. The quantitative estimate of drug-likeness (QED) is 0.881. The van der Waals surface area contributed by atoms with Crippen LogP contribution in [0.1, 0.15) is 31.7 Å². The second kappa shape index (κ2) is 4.62. The Balaban J connectivity index is 1.52. The van der Waals surface area contributed by atoms with Gasteiger partial charge in [-0.15, -0.1) is 0 Å². The largest absolute Gasteiger partial charge is 0.481 e. The van der Waals surface area contributed by atoms with E-state index in [-0.39, 0.29) is 23.3 Å². The minimum atomic E-state index is -0.854. The van der Waals surface area contributed by atoms with Crippen LogP contribution in [0.3, 0.4) is 0 Å². The van der Waals surface area contributed by atoms with E-state index in [0.717, 1.165) is 12.8 Å². The molecule has 1 aromatic carbocycles. The van der Waals surface area contributed by atoms with Crippen LogP contribution in [0.2, 0.25) is 0 Å². The van der Waals surface area contributed by atoms with E-state index in [1.807, 2.05) is 18.2 Å². The summed E-state index contributed by atoms with van der Waals surface area (Å²) in [5, 5.41) is 11.8. The summed E-state index contributed by atoms with van der Waals surface area (Å²) in [6, 6.07) is 10.5. The Bertz CT molecular complexity index is 534. The summed E-state index contributed by atoms with van der Waals surface area (Å²) in [6.45, 7) is 2.21. The number of rotatable bonds is 4. The molecule has 1 aromatic rings. The van der Waals surface area contributed by atoms with Gasteiger partial charge in [0.25, 0.3) is 0 Å². The summed E-state index contributed by atoms with van der Waals surface area (Å²) in [5.41, 5.74) is 1.44. The molecule has 0 aromatic heterocycles. The van der Waals surface area contributed by atoms with E-state index >= 15 is 0 Å². The molecule has 2 aliphatic rings. The van der Waals surface area contributed by atoms with E-state index in [0.29, 0.717) is 6.42 Å². The van der Waals surface area contributed by atoms with Crippen LogP contribution in [-0.2, 0) is 15.0 Å². The average molecular weight is 273 g/mol. The van der Waals surface area contributed by atoms with Crippen molar-refractivity contribution in [2.24, 2.45) is 11.8 Å². The Morgan fingerprint density at radius 2 is 1.85 bits per heavy atom. The van der Waals surface area contributed by atoms with E-state index in [1.54, 1.807) is 0 Å². The lowest BCUT2D eigenvalue weighted by Crippen LogP contribution is -2.52. The third-order valence-electron chi connectivity index (χ3n) is 4.66. The lowest BCUT2D eigenvalue weighted by molar-refractivity contribution is -0.140. The number of hydrogen-bond donors (Lipinski definition) is 2. The summed E-state index contributed by atoms with van der Waals surface area (Å²) in [7, 11) is 0. The number of benzene rings is 1. The SMILES string of the molecule is CC1(c2ccccc2)CC(NC(=O)[C@@H]2C[C@@H]2C(=O)O)C1. The van der Waals surface area contributed by atoms with Gasteiger partial charge < -0.3 is 10.4 Å². The molecule has 0 heterocycles. The Morgan fingerprint density at radius 1 is 1.20 bits per heavy atom. The van der Waals surface area contributed by atoms with Crippen molar-refractivity contribution in [2.45, 2.75) is 37.6 Å². The van der Waals surface area contributed by atoms with Crippen molar-refractivity contribution in [3.05, 3.63) is 35.9 Å². The van der Waals surface area contributed by atoms with Gasteiger partial charge in [-0.2, -0.15) is 0 Å². The van der Waals surface area contributed by atoms with Crippen LogP contribution < -0.4 is 5.32 Å². The van der Waals surface area contributed by atoms with Crippen molar-refractivity contribution >= 4 is 11.9 Å². The molecule has 4 nitrogen and oxygen atoms in total. The topological polar surface area (TPSA) is 66.4 Å². The molecule has 20 heavy (non-hydrogen) atoms. The second-order valence-electron chi connectivity index (χ2n) is 6.33. The Labute approximate surface area is 118 Å². The molecular weight excluding hydrogens is 254 g/mol. The predicted molar refractivity (Wildman–Crippen MR) is 74.2 cm³/mol. The first kappa shape index (κ1) is 13.2. The molecule has 0 saturated heterocycles. The molecule has 106 valence electrons. The van der Waals surface area contributed by atoms with Gasteiger partial charge in [0.1, 0.15) is 0 Å². The van der Waals surface area contributed by atoms with Gasteiger partial charge in [-0.3, -0.25) is 9.59 Å². The fraction of sp³-hybridized carbons (Fsp3) is 0.500. The Kier molecular flexibility index (Phi) is 3.04. The zero-order valence-corrected chi connectivity index (χ0v) is 11.5. The number of aliphatic carboxylic acids is 1. The lowest BCUT2D eigenvalue weighted by atomic mass is 9.63. The van der Waals surface area contributed by atoms with E-state index in [9.17, 15) is 9.59 Å². The van der Waals surface area contributed by atoms with E-state index in [4.69, 9.17) is 5.11 Å². The summed E-state index contributed by atoms with van der Waals surface area (Å²) in [6.07, 6.45) is 2.34. The lowest BCUT2D eigenvalue weighted by Gasteiger charge is -2.46. The first-order valence-corrected chi connectivity index (χ1v) is 7.08. The standard InChI is InChI=1S/C16H19NO3/c1-16(10-5-3-2-4-6-10)8-11(9-16)17-14(18)12-7-13(12)15(19)20/h2-6,11-13H,7-9H2,1H3,(H,17,18)(H,19,20)/t11?,12-,13+,16?/m1/s1. The van der Waals surface area contributed by atoms with Crippen molar-refractivity contribution in [3.63, 3.8) is 0 Å². The average Bonchev–Trinajstić information content (AvgIpc) is 3.18. The van der Waals surface area contributed by atoms with Gasteiger partial charge in [0.2, 0.25) is 5.91 Å².